The van der Waals surface area contributed by atoms with Crippen molar-refractivity contribution in [3.05, 3.63) is 36.2 Å². The zero-order chi connectivity index (χ0) is 13.2. The molecule has 0 saturated heterocycles. The summed E-state index contributed by atoms with van der Waals surface area (Å²) in [5.74, 6) is 0. The molecule has 1 aromatic carbocycles. The van der Waals surface area contributed by atoms with E-state index in [0.717, 1.165) is 17.5 Å². The summed E-state index contributed by atoms with van der Waals surface area (Å²) in [6.07, 6.45) is 2.40. The van der Waals surface area contributed by atoms with Crippen molar-refractivity contribution in [2.75, 3.05) is 7.05 Å². The van der Waals surface area contributed by atoms with Gasteiger partial charge in [0.2, 0.25) is 0 Å². The zero-order valence-electron chi connectivity index (χ0n) is 10.3. The number of benzene rings is 1. The summed E-state index contributed by atoms with van der Waals surface area (Å²) in [7, 11) is -2.04. The van der Waals surface area contributed by atoms with E-state index >= 15 is 0 Å². The van der Waals surface area contributed by atoms with Crippen LogP contribution in [0.15, 0.2) is 35.4 Å². The first-order valence-electron chi connectivity index (χ1n) is 5.65. The van der Waals surface area contributed by atoms with E-state index in [1.165, 1.54) is 7.05 Å². The third kappa shape index (κ3) is 2.22. The molecule has 0 aliphatic carbocycles. The Labute approximate surface area is 106 Å². The first-order valence-corrected chi connectivity index (χ1v) is 7.13. The number of rotatable bonds is 4. The van der Waals surface area contributed by atoms with Crippen LogP contribution in [0.2, 0.25) is 0 Å². The number of aryl methyl sites for hydroxylation is 1. The molecule has 0 saturated carbocycles. The fraction of sp³-hybridized carbons (Fsp3) is 0.250. The summed E-state index contributed by atoms with van der Waals surface area (Å²) in [5.41, 5.74) is 3.34. The molecule has 0 bridgehead atoms. The fourth-order valence-electron chi connectivity index (χ4n) is 1.94. The van der Waals surface area contributed by atoms with Crippen LogP contribution in [-0.4, -0.2) is 20.4 Å². The molecule has 96 valence electrons. The largest absolute Gasteiger partial charge is 0.261 e. The molecule has 0 aliphatic rings. The number of fused-ring (bicyclic) bond motifs is 1. The third-order valence-corrected chi connectivity index (χ3v) is 4.12. The van der Waals surface area contributed by atoms with Crippen molar-refractivity contribution in [2.45, 2.75) is 18.2 Å². The highest BCUT2D eigenvalue weighted by Crippen LogP contribution is 2.24. The van der Waals surface area contributed by atoms with Crippen LogP contribution in [0.1, 0.15) is 12.6 Å². The monoisotopic (exact) mass is 265 g/mol. The summed E-state index contributed by atoms with van der Waals surface area (Å²) in [4.78, 5) is 6.79. The number of nitrogens with one attached hydrogen (secondary N) is 2. The highest BCUT2D eigenvalue weighted by atomic mass is 32.2. The van der Waals surface area contributed by atoms with Crippen LogP contribution in [0.5, 0.6) is 0 Å². The quantitative estimate of drug-likeness (QED) is 0.815. The molecular formula is C12H15N3O2S. The molecule has 0 amide bonds. The second-order valence-corrected chi connectivity index (χ2v) is 5.47. The molecule has 5 nitrogen and oxygen atoms in total. The van der Waals surface area contributed by atoms with E-state index in [2.05, 4.69) is 15.2 Å². The molecule has 0 fully saturated rings. The van der Waals surface area contributed by atoms with Gasteiger partial charge in [-0.1, -0.05) is 19.1 Å². The molecule has 2 aromatic rings. The van der Waals surface area contributed by atoms with Gasteiger partial charge in [-0.2, -0.15) is 0 Å². The number of hydrazine groups is 1. The molecule has 0 spiro atoms. The lowest BCUT2D eigenvalue weighted by atomic mass is 10.1. The lowest BCUT2D eigenvalue weighted by Crippen LogP contribution is -2.34. The maximum absolute atomic E-state index is 12.1. The Kier molecular flexibility index (Phi) is 3.60. The first kappa shape index (κ1) is 12.9. The van der Waals surface area contributed by atoms with Gasteiger partial charge in [-0.25, -0.2) is 13.8 Å². The van der Waals surface area contributed by atoms with Crippen molar-refractivity contribution < 1.29 is 8.42 Å². The maximum atomic E-state index is 12.1. The molecule has 0 radical (unpaired) electrons. The number of hydrogen-bond acceptors (Lipinski definition) is 4. The van der Waals surface area contributed by atoms with E-state index in [1.54, 1.807) is 24.4 Å². The Hall–Kier alpha value is -1.50. The standard InChI is InChI=1S/C12H15N3O2S/c1-3-11-9-5-4-6-12(10(9)7-8-14-11)18(16,17)15-13-2/h4-8,13,15H,3H2,1-2H3. The summed E-state index contributed by atoms with van der Waals surface area (Å²) < 4.78 is 24.1. The molecule has 2 rings (SSSR count). The highest BCUT2D eigenvalue weighted by Gasteiger charge is 2.17. The van der Waals surface area contributed by atoms with Crippen LogP contribution in [0.25, 0.3) is 10.8 Å². The normalized spacial score (nSPS) is 11.9. The number of hydrogen-bond donors (Lipinski definition) is 2. The number of pyridine rings is 1. The van der Waals surface area contributed by atoms with Crippen molar-refractivity contribution in [3.63, 3.8) is 0 Å². The lowest BCUT2D eigenvalue weighted by molar-refractivity contribution is 0.571. The maximum Gasteiger partial charge on any atom is 0.253 e. The van der Waals surface area contributed by atoms with E-state index in [1.807, 2.05) is 13.0 Å². The van der Waals surface area contributed by atoms with E-state index in [0.29, 0.717) is 5.39 Å². The third-order valence-electron chi connectivity index (χ3n) is 2.71. The Balaban J connectivity index is 2.74. The van der Waals surface area contributed by atoms with Gasteiger partial charge in [-0.3, -0.25) is 4.98 Å². The topological polar surface area (TPSA) is 71.1 Å². The highest BCUT2D eigenvalue weighted by molar-refractivity contribution is 7.89. The van der Waals surface area contributed by atoms with Crippen molar-refractivity contribution >= 4 is 20.8 Å². The Bertz CT molecular complexity index is 668. The van der Waals surface area contributed by atoms with E-state index in [9.17, 15) is 8.42 Å². The van der Waals surface area contributed by atoms with Crippen LogP contribution in [0.4, 0.5) is 0 Å². The summed E-state index contributed by atoms with van der Waals surface area (Å²) in [6.45, 7) is 1.99. The second-order valence-electron chi connectivity index (χ2n) is 3.82. The molecule has 6 heteroatoms. The van der Waals surface area contributed by atoms with Crippen molar-refractivity contribution in [1.29, 1.82) is 0 Å². The Morgan fingerprint density at radius 3 is 2.67 bits per heavy atom. The second kappa shape index (κ2) is 5.01. The van der Waals surface area contributed by atoms with Gasteiger partial charge in [0, 0.05) is 22.7 Å². The van der Waals surface area contributed by atoms with Gasteiger partial charge in [-0.05, 0) is 25.6 Å². The van der Waals surface area contributed by atoms with Gasteiger partial charge in [0.05, 0.1) is 4.90 Å². The minimum absolute atomic E-state index is 0.256. The minimum Gasteiger partial charge on any atom is -0.261 e. The van der Waals surface area contributed by atoms with E-state index in [-0.39, 0.29) is 4.90 Å². The summed E-state index contributed by atoms with van der Waals surface area (Å²) in [5, 5.41) is 1.56. The van der Waals surface area contributed by atoms with E-state index in [4.69, 9.17) is 0 Å². The average Bonchev–Trinajstić information content (AvgIpc) is 2.37. The molecule has 0 atom stereocenters. The minimum atomic E-state index is -3.55. The predicted octanol–water partition coefficient (Wildman–Crippen LogP) is 1.21. The SMILES string of the molecule is CCc1nccc2c(S(=O)(=O)NNC)cccc12. The van der Waals surface area contributed by atoms with Gasteiger partial charge in [-0.15, -0.1) is 4.83 Å². The van der Waals surface area contributed by atoms with Gasteiger partial charge in [0.25, 0.3) is 10.0 Å². The van der Waals surface area contributed by atoms with Crippen LogP contribution in [-0.2, 0) is 16.4 Å². The Morgan fingerprint density at radius 1 is 1.22 bits per heavy atom. The molecule has 1 aromatic heterocycles. The molecule has 2 N–H and O–H groups in total. The predicted molar refractivity (Wildman–Crippen MR) is 70.5 cm³/mol. The van der Waals surface area contributed by atoms with Gasteiger partial charge < -0.3 is 0 Å². The fourth-order valence-corrected chi connectivity index (χ4v) is 3.05. The molecular weight excluding hydrogens is 250 g/mol. The van der Waals surface area contributed by atoms with E-state index < -0.39 is 10.0 Å². The number of aromatic nitrogens is 1. The number of sulfonamides is 1. The van der Waals surface area contributed by atoms with Crippen LogP contribution >= 0.6 is 0 Å². The molecule has 1 heterocycles. The summed E-state index contributed by atoms with van der Waals surface area (Å²) in [6, 6.07) is 6.92. The zero-order valence-corrected chi connectivity index (χ0v) is 11.1. The summed E-state index contributed by atoms with van der Waals surface area (Å²) >= 11 is 0. The molecule has 0 aliphatic heterocycles. The van der Waals surface area contributed by atoms with Crippen LogP contribution < -0.4 is 10.3 Å². The van der Waals surface area contributed by atoms with Crippen molar-refractivity contribution in [1.82, 2.24) is 15.2 Å². The van der Waals surface area contributed by atoms with Gasteiger partial charge in [0.1, 0.15) is 0 Å². The van der Waals surface area contributed by atoms with Crippen molar-refractivity contribution in [2.24, 2.45) is 0 Å². The van der Waals surface area contributed by atoms with Crippen LogP contribution in [0, 0.1) is 0 Å². The van der Waals surface area contributed by atoms with Gasteiger partial charge in [0.15, 0.2) is 0 Å². The van der Waals surface area contributed by atoms with Crippen LogP contribution in [0.3, 0.4) is 0 Å². The number of nitrogens with zero attached hydrogens (tertiary/aromatic N) is 1. The molecule has 0 unspecified atom stereocenters. The first-order chi connectivity index (χ1) is 8.60. The molecule has 18 heavy (non-hydrogen) atoms. The van der Waals surface area contributed by atoms with Gasteiger partial charge >= 0.3 is 0 Å². The van der Waals surface area contributed by atoms with Crippen molar-refractivity contribution in [3.8, 4) is 0 Å². The average molecular weight is 265 g/mol. The Morgan fingerprint density at radius 2 is 2.00 bits per heavy atom. The lowest BCUT2D eigenvalue weighted by Gasteiger charge is -2.10. The smallest absolute Gasteiger partial charge is 0.253 e.